The third kappa shape index (κ3) is 2.56. The van der Waals surface area contributed by atoms with E-state index >= 15 is 0 Å². The quantitative estimate of drug-likeness (QED) is 0.942. The van der Waals surface area contributed by atoms with E-state index in [2.05, 4.69) is 10.4 Å². The van der Waals surface area contributed by atoms with E-state index in [0.717, 1.165) is 19.3 Å². The summed E-state index contributed by atoms with van der Waals surface area (Å²) in [6.07, 6.45) is 4.86. The summed E-state index contributed by atoms with van der Waals surface area (Å²) in [5, 5.41) is 6.80. The largest absolute Gasteiger partial charge is 0.427 e. The fraction of sp³-hybridized carbons (Fsp3) is 0.438. The van der Waals surface area contributed by atoms with Crippen LogP contribution in [0.1, 0.15) is 53.8 Å². The smallest absolute Gasteiger partial charge is 0.349 e. The van der Waals surface area contributed by atoms with Crippen molar-refractivity contribution in [3.05, 3.63) is 45.6 Å². The monoisotopic (exact) mass is 301 g/mol. The van der Waals surface area contributed by atoms with Gasteiger partial charge in [0.15, 0.2) is 0 Å². The molecule has 1 aliphatic rings. The lowest BCUT2D eigenvalue weighted by atomic mass is 9.83. The SMILES string of the molecule is CCn1nccc1NC(=O)c1c(C)cc(C2CCC2)oc1=O. The topological polar surface area (TPSA) is 77.1 Å². The normalized spacial score (nSPS) is 14.6. The van der Waals surface area contributed by atoms with Crippen molar-refractivity contribution >= 4 is 11.7 Å². The molecule has 1 aliphatic carbocycles. The highest BCUT2D eigenvalue weighted by atomic mass is 16.4. The van der Waals surface area contributed by atoms with Gasteiger partial charge in [-0.25, -0.2) is 9.48 Å². The van der Waals surface area contributed by atoms with Gasteiger partial charge in [-0.15, -0.1) is 0 Å². The molecular formula is C16H19N3O3. The van der Waals surface area contributed by atoms with Crippen LogP contribution in [0.25, 0.3) is 0 Å². The number of nitrogens with zero attached hydrogens (tertiary/aromatic N) is 2. The number of aromatic nitrogens is 2. The number of carbonyl (C=O) groups is 1. The van der Waals surface area contributed by atoms with Gasteiger partial charge in [0.1, 0.15) is 17.1 Å². The molecule has 0 aromatic carbocycles. The zero-order valence-corrected chi connectivity index (χ0v) is 12.8. The van der Waals surface area contributed by atoms with Crippen LogP contribution in [0.15, 0.2) is 27.5 Å². The number of nitrogens with one attached hydrogen (secondary N) is 1. The lowest BCUT2D eigenvalue weighted by Crippen LogP contribution is -2.25. The van der Waals surface area contributed by atoms with Gasteiger partial charge in [-0.05, 0) is 38.3 Å². The second-order valence-corrected chi connectivity index (χ2v) is 5.61. The Morgan fingerprint density at radius 3 is 2.86 bits per heavy atom. The van der Waals surface area contributed by atoms with Gasteiger partial charge in [-0.1, -0.05) is 6.42 Å². The molecule has 22 heavy (non-hydrogen) atoms. The van der Waals surface area contributed by atoms with Crippen molar-refractivity contribution in [1.29, 1.82) is 0 Å². The standard InChI is InChI=1S/C16H19N3O3/c1-3-19-13(7-8-17-19)18-15(20)14-10(2)9-12(22-16(14)21)11-5-4-6-11/h7-9,11H,3-6H2,1-2H3,(H,18,20). The molecule has 2 heterocycles. The van der Waals surface area contributed by atoms with Gasteiger partial charge >= 0.3 is 5.63 Å². The molecule has 0 unspecified atom stereocenters. The van der Waals surface area contributed by atoms with Crippen LogP contribution in [0.2, 0.25) is 0 Å². The first kappa shape index (κ1) is 14.6. The summed E-state index contributed by atoms with van der Waals surface area (Å²) in [6.45, 7) is 4.33. The summed E-state index contributed by atoms with van der Waals surface area (Å²) in [5.41, 5.74) is 0.145. The lowest BCUT2D eigenvalue weighted by Gasteiger charge is -2.24. The van der Waals surface area contributed by atoms with Crippen molar-refractivity contribution in [2.75, 3.05) is 5.32 Å². The Kier molecular flexibility index (Phi) is 3.83. The molecule has 0 atom stereocenters. The molecule has 1 saturated carbocycles. The Hall–Kier alpha value is -2.37. The molecule has 0 spiro atoms. The van der Waals surface area contributed by atoms with E-state index in [1.165, 1.54) is 0 Å². The number of hydrogen-bond donors (Lipinski definition) is 1. The molecule has 3 rings (SSSR count). The number of hydrogen-bond acceptors (Lipinski definition) is 4. The van der Waals surface area contributed by atoms with Crippen molar-refractivity contribution < 1.29 is 9.21 Å². The first-order valence-electron chi connectivity index (χ1n) is 7.58. The van der Waals surface area contributed by atoms with Crippen LogP contribution in [-0.4, -0.2) is 15.7 Å². The van der Waals surface area contributed by atoms with Gasteiger partial charge in [0.25, 0.3) is 5.91 Å². The van der Waals surface area contributed by atoms with Crippen LogP contribution >= 0.6 is 0 Å². The Morgan fingerprint density at radius 1 is 1.50 bits per heavy atom. The summed E-state index contributed by atoms with van der Waals surface area (Å²) in [6, 6.07) is 3.51. The number of rotatable bonds is 4. The minimum Gasteiger partial charge on any atom is -0.427 e. The molecule has 0 aliphatic heterocycles. The molecule has 2 aromatic rings. The van der Waals surface area contributed by atoms with E-state index in [0.29, 0.717) is 29.6 Å². The van der Waals surface area contributed by atoms with Gasteiger partial charge in [-0.2, -0.15) is 5.10 Å². The van der Waals surface area contributed by atoms with Crippen molar-refractivity contribution in [3.8, 4) is 0 Å². The minimum absolute atomic E-state index is 0.0620. The number of anilines is 1. The van der Waals surface area contributed by atoms with Gasteiger partial charge in [0.05, 0.1) is 6.20 Å². The molecule has 1 fully saturated rings. The van der Waals surface area contributed by atoms with Crippen LogP contribution in [-0.2, 0) is 6.54 Å². The van der Waals surface area contributed by atoms with E-state index in [1.807, 2.05) is 13.0 Å². The Morgan fingerprint density at radius 2 is 2.27 bits per heavy atom. The third-order valence-electron chi connectivity index (χ3n) is 4.16. The highest BCUT2D eigenvalue weighted by Gasteiger charge is 2.25. The van der Waals surface area contributed by atoms with E-state index in [4.69, 9.17) is 4.42 Å². The molecule has 1 N–H and O–H groups in total. The lowest BCUT2D eigenvalue weighted by molar-refractivity contribution is 0.102. The second-order valence-electron chi connectivity index (χ2n) is 5.61. The van der Waals surface area contributed by atoms with E-state index in [-0.39, 0.29) is 5.56 Å². The van der Waals surface area contributed by atoms with E-state index in [1.54, 1.807) is 23.9 Å². The number of aryl methyl sites for hydroxylation is 2. The Balaban J connectivity index is 1.87. The molecule has 2 aromatic heterocycles. The van der Waals surface area contributed by atoms with Crippen molar-refractivity contribution in [2.24, 2.45) is 0 Å². The van der Waals surface area contributed by atoms with Crippen LogP contribution in [0, 0.1) is 6.92 Å². The molecule has 1 amide bonds. The zero-order chi connectivity index (χ0) is 15.7. The van der Waals surface area contributed by atoms with Gasteiger partial charge < -0.3 is 9.73 Å². The summed E-state index contributed by atoms with van der Waals surface area (Å²) < 4.78 is 7.00. The third-order valence-corrected chi connectivity index (χ3v) is 4.16. The predicted octanol–water partition coefficient (Wildman–Crippen LogP) is 2.68. The molecule has 0 radical (unpaired) electrons. The minimum atomic E-state index is -0.568. The fourth-order valence-corrected chi connectivity index (χ4v) is 2.67. The van der Waals surface area contributed by atoms with Gasteiger partial charge in [0, 0.05) is 18.5 Å². The van der Waals surface area contributed by atoms with Gasteiger partial charge in [-0.3, -0.25) is 4.79 Å². The van der Waals surface area contributed by atoms with Gasteiger partial charge in [0.2, 0.25) is 0 Å². The molecule has 6 nitrogen and oxygen atoms in total. The van der Waals surface area contributed by atoms with Crippen LogP contribution < -0.4 is 10.9 Å². The first-order valence-corrected chi connectivity index (χ1v) is 7.58. The maximum atomic E-state index is 12.4. The highest BCUT2D eigenvalue weighted by Crippen LogP contribution is 2.36. The van der Waals surface area contributed by atoms with Crippen molar-refractivity contribution in [2.45, 2.75) is 45.6 Å². The van der Waals surface area contributed by atoms with Crippen molar-refractivity contribution in [3.63, 3.8) is 0 Å². The predicted molar refractivity (Wildman–Crippen MR) is 82.2 cm³/mol. The Bertz CT molecular complexity index is 756. The Labute approximate surface area is 128 Å². The number of carbonyl (C=O) groups excluding carboxylic acids is 1. The van der Waals surface area contributed by atoms with Crippen LogP contribution in [0.5, 0.6) is 0 Å². The summed E-state index contributed by atoms with van der Waals surface area (Å²) in [5.74, 6) is 1.13. The molecule has 0 saturated heterocycles. The summed E-state index contributed by atoms with van der Waals surface area (Å²) >= 11 is 0. The summed E-state index contributed by atoms with van der Waals surface area (Å²) in [7, 11) is 0. The maximum Gasteiger partial charge on any atom is 0.349 e. The molecule has 0 bridgehead atoms. The fourth-order valence-electron chi connectivity index (χ4n) is 2.67. The van der Waals surface area contributed by atoms with E-state index in [9.17, 15) is 9.59 Å². The van der Waals surface area contributed by atoms with Crippen molar-refractivity contribution in [1.82, 2.24) is 9.78 Å². The van der Waals surface area contributed by atoms with E-state index < -0.39 is 11.5 Å². The molecule has 116 valence electrons. The van der Waals surface area contributed by atoms with Crippen LogP contribution in [0.3, 0.4) is 0 Å². The molecular weight excluding hydrogens is 282 g/mol. The maximum absolute atomic E-state index is 12.4. The highest BCUT2D eigenvalue weighted by molar-refractivity contribution is 6.04. The average Bonchev–Trinajstić information content (AvgIpc) is 2.83. The second kappa shape index (κ2) is 5.79. The average molecular weight is 301 g/mol. The zero-order valence-electron chi connectivity index (χ0n) is 12.8. The summed E-state index contributed by atoms with van der Waals surface area (Å²) in [4.78, 5) is 24.6. The number of amides is 1. The van der Waals surface area contributed by atoms with Crippen LogP contribution in [0.4, 0.5) is 5.82 Å². The molecule has 6 heteroatoms. The first-order chi connectivity index (χ1) is 10.6.